The van der Waals surface area contributed by atoms with Gasteiger partial charge in [0, 0.05) is 30.2 Å². The van der Waals surface area contributed by atoms with Crippen LogP contribution in [-0.4, -0.2) is 23.5 Å². The third-order valence-corrected chi connectivity index (χ3v) is 1.52. The first kappa shape index (κ1) is 9.58. The van der Waals surface area contributed by atoms with E-state index in [0.29, 0.717) is 0 Å². The van der Waals surface area contributed by atoms with Crippen molar-refractivity contribution in [2.75, 3.05) is 0 Å². The van der Waals surface area contributed by atoms with E-state index in [1.165, 1.54) is 6.21 Å². The first-order valence-corrected chi connectivity index (χ1v) is 4.22. The predicted molar refractivity (Wildman–Crippen MR) is 54.9 cm³/mol. The second kappa shape index (κ2) is 4.50. The van der Waals surface area contributed by atoms with Crippen LogP contribution in [0.15, 0.2) is 23.3 Å². The summed E-state index contributed by atoms with van der Waals surface area (Å²) >= 11 is 0. The molecule has 1 rings (SSSR count). The fourth-order valence-electron chi connectivity index (χ4n) is 0.880. The summed E-state index contributed by atoms with van der Waals surface area (Å²) in [4.78, 5) is 8.33. The van der Waals surface area contributed by atoms with Gasteiger partial charge in [-0.2, -0.15) is 0 Å². The molecule has 0 aromatic carbocycles. The Balaban J connectivity index is 2.93. The van der Waals surface area contributed by atoms with Crippen molar-refractivity contribution in [2.45, 2.75) is 19.9 Å². The normalized spacial score (nSPS) is 11.0. The molecule has 0 saturated carbocycles. The Morgan fingerprint density at radius 2 is 2.31 bits per heavy atom. The Morgan fingerprint density at radius 1 is 1.54 bits per heavy atom. The monoisotopic (exact) mass is 175 g/mol. The molecule has 0 aliphatic carbocycles. The molecule has 13 heavy (non-hydrogen) atoms. The molecule has 0 amide bonds. The minimum atomic E-state index is 0.264. The highest BCUT2D eigenvalue weighted by Crippen LogP contribution is 1.99. The Bertz CT molecular complexity index is 316. The standard InChI is InChI=1S/C10H13N3/c1-8(2)13-7-10-9(6-11)4-3-5-12-10/h3-8,11H,1-2H3/b11-6?,13-7-. The van der Waals surface area contributed by atoms with Crippen molar-refractivity contribution in [3.8, 4) is 0 Å². The summed E-state index contributed by atoms with van der Waals surface area (Å²) in [5, 5.41) is 7.14. The van der Waals surface area contributed by atoms with E-state index in [-0.39, 0.29) is 6.04 Å². The molecular weight excluding hydrogens is 162 g/mol. The Kier molecular flexibility index (Phi) is 3.31. The molecule has 0 aliphatic rings. The van der Waals surface area contributed by atoms with Crippen molar-refractivity contribution in [1.82, 2.24) is 4.98 Å². The van der Waals surface area contributed by atoms with Gasteiger partial charge in [0.25, 0.3) is 0 Å². The van der Waals surface area contributed by atoms with Crippen LogP contribution >= 0.6 is 0 Å². The van der Waals surface area contributed by atoms with E-state index in [2.05, 4.69) is 9.98 Å². The Morgan fingerprint density at radius 3 is 2.92 bits per heavy atom. The fourth-order valence-corrected chi connectivity index (χ4v) is 0.880. The van der Waals surface area contributed by atoms with E-state index < -0.39 is 0 Å². The van der Waals surface area contributed by atoms with E-state index in [1.807, 2.05) is 26.0 Å². The maximum atomic E-state index is 7.14. The van der Waals surface area contributed by atoms with Gasteiger partial charge in [0.15, 0.2) is 0 Å². The van der Waals surface area contributed by atoms with Crippen molar-refractivity contribution < 1.29 is 0 Å². The third-order valence-electron chi connectivity index (χ3n) is 1.52. The lowest BCUT2D eigenvalue weighted by Gasteiger charge is -1.98. The first-order valence-electron chi connectivity index (χ1n) is 4.22. The molecule has 0 fully saturated rings. The maximum Gasteiger partial charge on any atom is 0.0895 e. The number of aromatic nitrogens is 1. The van der Waals surface area contributed by atoms with Gasteiger partial charge in [0.2, 0.25) is 0 Å². The minimum absolute atomic E-state index is 0.264. The summed E-state index contributed by atoms with van der Waals surface area (Å²) in [6, 6.07) is 3.93. The van der Waals surface area contributed by atoms with Crippen LogP contribution in [0.2, 0.25) is 0 Å². The summed E-state index contributed by atoms with van der Waals surface area (Å²) in [6.07, 6.45) is 4.70. The lowest BCUT2D eigenvalue weighted by molar-refractivity contribution is 0.840. The van der Waals surface area contributed by atoms with E-state index in [4.69, 9.17) is 5.41 Å². The molecular formula is C10H13N3. The molecule has 1 heterocycles. The summed E-state index contributed by atoms with van der Waals surface area (Å²) in [7, 11) is 0. The minimum Gasteiger partial charge on any atom is -0.308 e. The van der Waals surface area contributed by atoms with Gasteiger partial charge in [-0.05, 0) is 26.0 Å². The highest BCUT2D eigenvalue weighted by molar-refractivity contribution is 5.91. The zero-order valence-corrected chi connectivity index (χ0v) is 7.86. The number of pyridine rings is 1. The molecule has 0 radical (unpaired) electrons. The highest BCUT2D eigenvalue weighted by atomic mass is 14.8. The molecule has 0 aliphatic heterocycles. The van der Waals surface area contributed by atoms with Gasteiger partial charge in [-0.25, -0.2) is 0 Å². The largest absolute Gasteiger partial charge is 0.308 e. The average molecular weight is 175 g/mol. The molecule has 0 saturated heterocycles. The van der Waals surface area contributed by atoms with Crippen LogP contribution in [-0.2, 0) is 0 Å². The molecule has 0 bridgehead atoms. The van der Waals surface area contributed by atoms with Gasteiger partial charge >= 0.3 is 0 Å². The third kappa shape index (κ3) is 2.78. The van der Waals surface area contributed by atoms with Crippen LogP contribution in [0, 0.1) is 5.41 Å². The molecule has 0 atom stereocenters. The van der Waals surface area contributed by atoms with Crippen LogP contribution in [0.4, 0.5) is 0 Å². The molecule has 0 spiro atoms. The molecule has 0 unspecified atom stereocenters. The topological polar surface area (TPSA) is 49.1 Å². The van der Waals surface area contributed by atoms with Gasteiger partial charge in [-0.1, -0.05) is 0 Å². The summed E-state index contributed by atoms with van der Waals surface area (Å²) in [6.45, 7) is 4.01. The maximum absolute atomic E-state index is 7.14. The Labute approximate surface area is 78.1 Å². The summed E-state index contributed by atoms with van der Waals surface area (Å²) in [5.74, 6) is 0. The van der Waals surface area contributed by atoms with Crippen LogP contribution in [0.5, 0.6) is 0 Å². The van der Waals surface area contributed by atoms with Crippen LogP contribution in [0.3, 0.4) is 0 Å². The average Bonchev–Trinajstić information content (AvgIpc) is 2.15. The van der Waals surface area contributed by atoms with Crippen LogP contribution in [0.25, 0.3) is 0 Å². The smallest absolute Gasteiger partial charge is 0.0895 e. The van der Waals surface area contributed by atoms with Crippen LogP contribution in [0.1, 0.15) is 25.1 Å². The molecule has 3 heteroatoms. The lowest BCUT2D eigenvalue weighted by atomic mass is 10.2. The van der Waals surface area contributed by atoms with Gasteiger partial charge in [-0.15, -0.1) is 0 Å². The lowest BCUT2D eigenvalue weighted by Crippen LogP contribution is -1.97. The van der Waals surface area contributed by atoms with Crippen molar-refractivity contribution >= 4 is 12.4 Å². The zero-order chi connectivity index (χ0) is 9.68. The van der Waals surface area contributed by atoms with Gasteiger partial charge in [-0.3, -0.25) is 9.98 Å². The Hall–Kier alpha value is -1.51. The SMILES string of the molecule is CC(C)/N=C\c1ncccc1C=N. The van der Waals surface area contributed by atoms with Gasteiger partial charge in [0.1, 0.15) is 0 Å². The number of nitrogens with one attached hydrogen (secondary N) is 1. The zero-order valence-electron chi connectivity index (χ0n) is 7.86. The highest BCUT2D eigenvalue weighted by Gasteiger charge is 1.96. The van der Waals surface area contributed by atoms with Crippen molar-refractivity contribution in [1.29, 1.82) is 5.41 Å². The van der Waals surface area contributed by atoms with Crippen LogP contribution < -0.4 is 0 Å². The molecule has 1 aromatic heterocycles. The van der Waals surface area contributed by atoms with E-state index >= 15 is 0 Å². The fraction of sp³-hybridized carbons (Fsp3) is 0.300. The first-order chi connectivity index (χ1) is 6.24. The van der Waals surface area contributed by atoms with Crippen molar-refractivity contribution in [3.63, 3.8) is 0 Å². The summed E-state index contributed by atoms with van der Waals surface area (Å²) < 4.78 is 0. The summed E-state index contributed by atoms with van der Waals surface area (Å²) in [5.41, 5.74) is 1.55. The number of hydrogen-bond donors (Lipinski definition) is 1. The van der Waals surface area contributed by atoms with E-state index in [1.54, 1.807) is 12.4 Å². The van der Waals surface area contributed by atoms with E-state index in [9.17, 15) is 0 Å². The van der Waals surface area contributed by atoms with Gasteiger partial charge < -0.3 is 5.41 Å². The van der Waals surface area contributed by atoms with E-state index in [0.717, 1.165) is 11.3 Å². The number of hydrogen-bond acceptors (Lipinski definition) is 3. The number of aliphatic imine (C=N–C) groups is 1. The quantitative estimate of drug-likeness (QED) is 0.701. The molecule has 1 aromatic rings. The second-order valence-corrected chi connectivity index (χ2v) is 2.99. The number of nitrogens with zero attached hydrogens (tertiary/aromatic N) is 2. The predicted octanol–water partition coefficient (Wildman–Crippen LogP) is 1.91. The van der Waals surface area contributed by atoms with Crippen molar-refractivity contribution in [3.05, 3.63) is 29.6 Å². The second-order valence-electron chi connectivity index (χ2n) is 2.99. The van der Waals surface area contributed by atoms with Crippen molar-refractivity contribution in [2.24, 2.45) is 4.99 Å². The van der Waals surface area contributed by atoms with Gasteiger partial charge in [0.05, 0.1) is 5.69 Å². The molecule has 3 nitrogen and oxygen atoms in total. The number of rotatable bonds is 3. The molecule has 1 N–H and O–H groups in total. The molecule has 68 valence electrons.